The quantitative estimate of drug-likeness (QED) is 0.166. The summed E-state index contributed by atoms with van der Waals surface area (Å²) in [5, 5.41) is 0. The Balaban J connectivity index is 1.34. The Hall–Kier alpha value is -5.34. The number of hydrogen-bond acceptors (Lipinski definition) is 2. The monoisotopic (exact) mass is 531 g/mol. The smallest absolute Gasteiger partial charge is 0.119 e. The number of benzene rings is 5. The van der Waals surface area contributed by atoms with Crippen molar-refractivity contribution in [1.82, 2.24) is 0 Å². The fourth-order valence-corrected chi connectivity index (χ4v) is 4.44. The summed E-state index contributed by atoms with van der Waals surface area (Å²) in [7, 11) is 1.69. The van der Waals surface area contributed by atoms with E-state index in [-0.39, 0.29) is 0 Å². The molecule has 0 aromatic heterocycles. The number of methoxy groups -OCH3 is 1. The van der Waals surface area contributed by atoms with Gasteiger partial charge in [0.05, 0.1) is 7.11 Å². The highest BCUT2D eigenvalue weighted by Gasteiger charge is 2.12. The van der Waals surface area contributed by atoms with Crippen molar-refractivity contribution in [2.24, 2.45) is 0 Å². The van der Waals surface area contributed by atoms with Crippen LogP contribution in [0.3, 0.4) is 0 Å². The summed E-state index contributed by atoms with van der Waals surface area (Å²) in [5.74, 6) is 0.835. The van der Waals surface area contributed by atoms with Gasteiger partial charge in [0.1, 0.15) is 5.75 Å². The van der Waals surface area contributed by atoms with Crippen molar-refractivity contribution in [2.75, 3.05) is 12.0 Å². The maximum atomic E-state index is 5.40. The summed E-state index contributed by atoms with van der Waals surface area (Å²) < 4.78 is 5.40. The molecule has 0 N–H and O–H groups in total. The third-order valence-corrected chi connectivity index (χ3v) is 6.61. The highest BCUT2D eigenvalue weighted by Crippen LogP contribution is 2.35. The predicted octanol–water partition coefficient (Wildman–Crippen LogP) is 10.6. The summed E-state index contributed by atoms with van der Waals surface area (Å²) in [6.45, 7) is 0. The van der Waals surface area contributed by atoms with Gasteiger partial charge in [-0.25, -0.2) is 0 Å². The van der Waals surface area contributed by atoms with Gasteiger partial charge in [-0.05, 0) is 70.8 Å². The Bertz CT molecular complexity index is 1510. The van der Waals surface area contributed by atoms with Crippen LogP contribution in [0.4, 0.5) is 17.1 Å². The molecule has 2 nitrogen and oxygen atoms in total. The maximum absolute atomic E-state index is 5.40. The van der Waals surface area contributed by atoms with Crippen molar-refractivity contribution in [3.8, 4) is 5.75 Å². The topological polar surface area (TPSA) is 12.5 Å². The van der Waals surface area contributed by atoms with Gasteiger partial charge in [-0.1, -0.05) is 134 Å². The van der Waals surface area contributed by atoms with Gasteiger partial charge in [-0.15, -0.1) is 0 Å². The SMILES string of the molecule is COc1ccc(N(c2ccc(C=CC=Cc3ccccc3)cc2)c2ccc(C=CC=Cc3ccccc3)cc2)cc1. The van der Waals surface area contributed by atoms with Crippen LogP contribution in [0.5, 0.6) is 5.75 Å². The van der Waals surface area contributed by atoms with E-state index in [0.717, 1.165) is 33.9 Å². The van der Waals surface area contributed by atoms with Crippen molar-refractivity contribution in [3.05, 3.63) is 180 Å². The second-order valence-corrected chi connectivity index (χ2v) is 9.47. The van der Waals surface area contributed by atoms with Crippen LogP contribution in [0.2, 0.25) is 0 Å². The number of anilines is 3. The summed E-state index contributed by atoms with van der Waals surface area (Å²) in [4.78, 5) is 2.26. The highest BCUT2D eigenvalue weighted by atomic mass is 16.5. The summed E-state index contributed by atoms with van der Waals surface area (Å²) in [6, 6.07) is 46.0. The fourth-order valence-electron chi connectivity index (χ4n) is 4.44. The first-order valence-electron chi connectivity index (χ1n) is 13.7. The van der Waals surface area contributed by atoms with Gasteiger partial charge >= 0.3 is 0 Å². The molecule has 0 bridgehead atoms. The summed E-state index contributed by atoms with van der Waals surface area (Å²) in [6.07, 6.45) is 16.7. The average molecular weight is 532 g/mol. The van der Waals surface area contributed by atoms with Crippen molar-refractivity contribution in [3.63, 3.8) is 0 Å². The number of rotatable bonds is 10. The van der Waals surface area contributed by atoms with E-state index < -0.39 is 0 Å². The minimum Gasteiger partial charge on any atom is -0.497 e. The van der Waals surface area contributed by atoms with Crippen LogP contribution in [0, 0.1) is 0 Å². The second kappa shape index (κ2) is 14.2. The van der Waals surface area contributed by atoms with E-state index in [2.05, 4.69) is 138 Å². The van der Waals surface area contributed by atoms with Crippen LogP contribution in [0.1, 0.15) is 22.3 Å². The van der Waals surface area contributed by atoms with Crippen LogP contribution in [0.15, 0.2) is 158 Å². The van der Waals surface area contributed by atoms with Crippen LogP contribution in [0.25, 0.3) is 24.3 Å². The first kappa shape index (κ1) is 27.2. The van der Waals surface area contributed by atoms with E-state index in [1.54, 1.807) is 7.11 Å². The molecule has 5 aromatic carbocycles. The van der Waals surface area contributed by atoms with E-state index in [9.17, 15) is 0 Å². The first-order valence-corrected chi connectivity index (χ1v) is 13.7. The molecule has 0 atom stereocenters. The second-order valence-electron chi connectivity index (χ2n) is 9.47. The molecule has 0 spiro atoms. The molecule has 5 aromatic rings. The predicted molar refractivity (Wildman–Crippen MR) is 177 cm³/mol. The third-order valence-electron chi connectivity index (χ3n) is 6.61. The van der Waals surface area contributed by atoms with Crippen molar-refractivity contribution in [2.45, 2.75) is 0 Å². The van der Waals surface area contributed by atoms with Gasteiger partial charge < -0.3 is 9.64 Å². The zero-order valence-corrected chi connectivity index (χ0v) is 23.2. The van der Waals surface area contributed by atoms with E-state index in [1.807, 2.05) is 48.5 Å². The molecule has 0 heterocycles. The largest absolute Gasteiger partial charge is 0.497 e. The van der Waals surface area contributed by atoms with Crippen LogP contribution in [-0.4, -0.2) is 7.11 Å². The maximum Gasteiger partial charge on any atom is 0.119 e. The Morgan fingerprint density at radius 3 is 1.05 bits per heavy atom. The van der Waals surface area contributed by atoms with Gasteiger partial charge in [0, 0.05) is 17.1 Å². The molecule has 0 aliphatic carbocycles. The average Bonchev–Trinajstić information content (AvgIpc) is 3.04. The van der Waals surface area contributed by atoms with Crippen LogP contribution < -0.4 is 9.64 Å². The Morgan fingerprint density at radius 2 is 0.707 bits per heavy atom. The molecule has 200 valence electrons. The van der Waals surface area contributed by atoms with E-state index in [1.165, 1.54) is 11.1 Å². The zero-order chi connectivity index (χ0) is 28.1. The standard InChI is InChI=1S/C39H33NO/c1-41-39-30-28-38(29-31-39)40(36-24-20-34(21-25-36)18-10-8-16-32-12-4-2-5-13-32)37-26-22-35(23-27-37)19-11-9-17-33-14-6-3-7-15-33/h2-31H,1H3. The van der Waals surface area contributed by atoms with Crippen molar-refractivity contribution >= 4 is 41.4 Å². The molecule has 0 fully saturated rings. The number of hydrogen-bond donors (Lipinski definition) is 0. The lowest BCUT2D eigenvalue weighted by molar-refractivity contribution is 0.415. The van der Waals surface area contributed by atoms with Gasteiger partial charge in [0.25, 0.3) is 0 Å². The number of allylic oxidation sites excluding steroid dienone is 4. The van der Waals surface area contributed by atoms with Crippen molar-refractivity contribution in [1.29, 1.82) is 0 Å². The fraction of sp³-hybridized carbons (Fsp3) is 0.0256. The van der Waals surface area contributed by atoms with Crippen LogP contribution in [-0.2, 0) is 0 Å². The molecule has 2 heteroatoms. The van der Waals surface area contributed by atoms with Crippen LogP contribution >= 0.6 is 0 Å². The lowest BCUT2D eigenvalue weighted by Crippen LogP contribution is -2.09. The Kier molecular flexibility index (Phi) is 9.41. The van der Waals surface area contributed by atoms with E-state index >= 15 is 0 Å². The van der Waals surface area contributed by atoms with E-state index in [0.29, 0.717) is 0 Å². The minimum atomic E-state index is 0.835. The molecule has 41 heavy (non-hydrogen) atoms. The van der Waals surface area contributed by atoms with Gasteiger partial charge in [0.2, 0.25) is 0 Å². The summed E-state index contributed by atoms with van der Waals surface area (Å²) in [5.41, 5.74) is 7.90. The lowest BCUT2D eigenvalue weighted by Gasteiger charge is -2.26. The molecule has 0 amide bonds. The summed E-state index contributed by atoms with van der Waals surface area (Å²) >= 11 is 0. The normalized spacial score (nSPS) is 11.6. The number of nitrogens with zero attached hydrogens (tertiary/aromatic N) is 1. The molecule has 0 aliphatic rings. The first-order chi connectivity index (χ1) is 20.3. The molecule has 0 radical (unpaired) electrons. The lowest BCUT2D eigenvalue weighted by atomic mass is 10.1. The Labute approximate surface area is 243 Å². The molecule has 0 aliphatic heterocycles. The Morgan fingerprint density at radius 1 is 0.390 bits per heavy atom. The molecule has 0 saturated carbocycles. The molecular weight excluding hydrogens is 498 g/mol. The third kappa shape index (κ3) is 7.84. The molecule has 5 rings (SSSR count). The minimum absolute atomic E-state index is 0.835. The number of ether oxygens (including phenoxy) is 1. The highest BCUT2D eigenvalue weighted by molar-refractivity contribution is 5.78. The zero-order valence-electron chi connectivity index (χ0n) is 23.2. The van der Waals surface area contributed by atoms with Crippen molar-refractivity contribution < 1.29 is 4.74 Å². The van der Waals surface area contributed by atoms with Gasteiger partial charge in [-0.3, -0.25) is 0 Å². The molecule has 0 saturated heterocycles. The van der Waals surface area contributed by atoms with E-state index in [4.69, 9.17) is 4.74 Å². The molecule has 0 unspecified atom stereocenters. The van der Waals surface area contributed by atoms with Gasteiger partial charge in [-0.2, -0.15) is 0 Å². The van der Waals surface area contributed by atoms with Gasteiger partial charge in [0.15, 0.2) is 0 Å². The molecular formula is C39H33NO.